The van der Waals surface area contributed by atoms with Crippen molar-refractivity contribution in [2.75, 3.05) is 0 Å². The summed E-state index contributed by atoms with van der Waals surface area (Å²) in [5.74, 6) is 1.01. The molecule has 1 N–H and O–H groups in total. The zero-order valence-electron chi connectivity index (χ0n) is 8.01. The SMILES string of the molecule is CC(C)(O)CC1=CC=C(OI)CC1. The minimum absolute atomic E-state index is 0.595. The van der Waals surface area contributed by atoms with Gasteiger partial charge in [0, 0.05) is 6.42 Å². The maximum atomic E-state index is 9.60. The minimum atomic E-state index is -0.595. The number of aliphatic hydroxyl groups is 1. The van der Waals surface area contributed by atoms with Crippen molar-refractivity contribution in [1.82, 2.24) is 0 Å². The quantitative estimate of drug-likeness (QED) is 0.810. The first-order chi connectivity index (χ1) is 6.01. The van der Waals surface area contributed by atoms with Gasteiger partial charge in [0.05, 0.1) is 5.60 Å². The second-order valence-electron chi connectivity index (χ2n) is 4.02. The van der Waals surface area contributed by atoms with E-state index in [-0.39, 0.29) is 0 Å². The van der Waals surface area contributed by atoms with Gasteiger partial charge < -0.3 is 8.17 Å². The second-order valence-corrected chi connectivity index (χ2v) is 4.46. The summed E-state index contributed by atoms with van der Waals surface area (Å²) in [4.78, 5) is 0. The molecule has 0 fully saturated rings. The summed E-state index contributed by atoms with van der Waals surface area (Å²) in [7, 11) is 0. The third-order valence-electron chi connectivity index (χ3n) is 1.96. The molecule has 0 spiro atoms. The molecule has 0 radical (unpaired) electrons. The number of halogens is 1. The van der Waals surface area contributed by atoms with E-state index in [0.717, 1.165) is 25.0 Å². The standard InChI is InChI=1S/C10H15IO2/c1-10(2,12)7-8-3-5-9(13-11)6-4-8/h3,5,12H,4,6-7H2,1-2H3. The van der Waals surface area contributed by atoms with E-state index in [0.29, 0.717) is 0 Å². The molecule has 0 heterocycles. The summed E-state index contributed by atoms with van der Waals surface area (Å²) in [5.41, 5.74) is 0.701. The van der Waals surface area contributed by atoms with Gasteiger partial charge in [-0.2, -0.15) is 0 Å². The van der Waals surface area contributed by atoms with Gasteiger partial charge in [0.15, 0.2) is 23.0 Å². The Hall–Kier alpha value is -0.0300. The van der Waals surface area contributed by atoms with E-state index in [4.69, 9.17) is 3.07 Å². The molecule has 0 atom stereocenters. The van der Waals surface area contributed by atoms with Crippen molar-refractivity contribution in [3.8, 4) is 0 Å². The Kier molecular flexibility index (Phi) is 3.79. The van der Waals surface area contributed by atoms with Crippen molar-refractivity contribution < 1.29 is 8.17 Å². The molecule has 74 valence electrons. The van der Waals surface area contributed by atoms with E-state index in [1.54, 1.807) is 0 Å². The normalized spacial score (nSPS) is 17.8. The maximum Gasteiger partial charge on any atom is 0.192 e. The van der Waals surface area contributed by atoms with E-state index >= 15 is 0 Å². The van der Waals surface area contributed by atoms with Crippen LogP contribution >= 0.6 is 23.0 Å². The fourth-order valence-electron chi connectivity index (χ4n) is 1.43. The van der Waals surface area contributed by atoms with Crippen LogP contribution in [0.2, 0.25) is 0 Å². The van der Waals surface area contributed by atoms with E-state index < -0.39 is 5.60 Å². The molecule has 0 saturated heterocycles. The lowest BCUT2D eigenvalue weighted by Gasteiger charge is -2.21. The lowest BCUT2D eigenvalue weighted by molar-refractivity contribution is 0.0799. The predicted octanol–water partition coefficient (Wildman–Crippen LogP) is 3.12. The molecule has 0 bridgehead atoms. The first-order valence-corrected chi connectivity index (χ1v) is 5.29. The minimum Gasteiger partial charge on any atom is -0.432 e. The molecule has 0 saturated carbocycles. The molecule has 1 rings (SSSR count). The van der Waals surface area contributed by atoms with Gasteiger partial charge in [0.25, 0.3) is 0 Å². The van der Waals surface area contributed by atoms with E-state index in [2.05, 4.69) is 6.08 Å². The van der Waals surface area contributed by atoms with Crippen molar-refractivity contribution in [1.29, 1.82) is 0 Å². The van der Waals surface area contributed by atoms with Crippen molar-refractivity contribution in [2.24, 2.45) is 0 Å². The van der Waals surface area contributed by atoms with Crippen LogP contribution in [0, 0.1) is 0 Å². The molecule has 2 nitrogen and oxygen atoms in total. The summed E-state index contributed by atoms with van der Waals surface area (Å²) in [6.07, 6.45) is 6.73. The molecule has 0 aromatic rings. The summed E-state index contributed by atoms with van der Waals surface area (Å²) in [6.45, 7) is 3.67. The fourth-order valence-corrected chi connectivity index (χ4v) is 1.80. The molecular weight excluding hydrogens is 279 g/mol. The van der Waals surface area contributed by atoms with Gasteiger partial charge in [-0.05, 0) is 32.8 Å². The largest absolute Gasteiger partial charge is 0.432 e. The molecule has 13 heavy (non-hydrogen) atoms. The maximum absolute atomic E-state index is 9.60. The van der Waals surface area contributed by atoms with Crippen molar-refractivity contribution in [3.05, 3.63) is 23.5 Å². The lowest BCUT2D eigenvalue weighted by atomic mass is 9.93. The Morgan fingerprint density at radius 1 is 1.46 bits per heavy atom. The van der Waals surface area contributed by atoms with Gasteiger partial charge in [0.1, 0.15) is 5.76 Å². The topological polar surface area (TPSA) is 29.5 Å². The van der Waals surface area contributed by atoms with Gasteiger partial charge in [0.2, 0.25) is 0 Å². The van der Waals surface area contributed by atoms with E-state index in [1.807, 2.05) is 42.9 Å². The third-order valence-corrected chi connectivity index (χ3v) is 2.52. The zero-order chi connectivity index (χ0) is 9.90. The summed E-state index contributed by atoms with van der Waals surface area (Å²) >= 11 is 1.90. The summed E-state index contributed by atoms with van der Waals surface area (Å²) in [5, 5.41) is 9.60. The average Bonchev–Trinajstić information content (AvgIpc) is 2.03. The molecule has 0 amide bonds. The molecule has 1 aliphatic rings. The van der Waals surface area contributed by atoms with Crippen LogP contribution in [0.1, 0.15) is 33.1 Å². The van der Waals surface area contributed by atoms with Crippen LogP contribution < -0.4 is 0 Å². The number of hydrogen-bond acceptors (Lipinski definition) is 2. The van der Waals surface area contributed by atoms with Crippen LogP contribution in [0.25, 0.3) is 0 Å². The highest BCUT2D eigenvalue weighted by Gasteiger charge is 2.16. The molecule has 0 unspecified atom stereocenters. The van der Waals surface area contributed by atoms with Gasteiger partial charge in [-0.25, -0.2) is 0 Å². The number of allylic oxidation sites excluding steroid dienone is 3. The van der Waals surface area contributed by atoms with Crippen LogP contribution in [-0.2, 0) is 3.07 Å². The van der Waals surface area contributed by atoms with Crippen LogP contribution in [0.3, 0.4) is 0 Å². The van der Waals surface area contributed by atoms with Crippen LogP contribution in [0.4, 0.5) is 0 Å². The first kappa shape index (κ1) is 11.0. The zero-order valence-corrected chi connectivity index (χ0v) is 10.2. The van der Waals surface area contributed by atoms with Gasteiger partial charge in [-0.15, -0.1) is 0 Å². The van der Waals surface area contributed by atoms with Gasteiger partial charge in [-0.1, -0.05) is 11.6 Å². The van der Waals surface area contributed by atoms with E-state index in [9.17, 15) is 5.11 Å². The Labute approximate surface area is 93.4 Å². The Balaban J connectivity index is 2.55. The van der Waals surface area contributed by atoms with Crippen molar-refractivity contribution in [2.45, 2.75) is 38.7 Å². The first-order valence-electron chi connectivity index (χ1n) is 4.41. The third kappa shape index (κ3) is 4.13. The Bertz CT molecular complexity index is 236. The highest BCUT2D eigenvalue weighted by molar-refractivity contribution is 14.1. The monoisotopic (exact) mass is 294 g/mol. The average molecular weight is 294 g/mol. The van der Waals surface area contributed by atoms with Crippen LogP contribution in [0.15, 0.2) is 23.5 Å². The summed E-state index contributed by atoms with van der Waals surface area (Å²) in [6, 6.07) is 0. The van der Waals surface area contributed by atoms with Gasteiger partial charge >= 0.3 is 0 Å². The molecule has 0 aromatic carbocycles. The van der Waals surface area contributed by atoms with Crippen LogP contribution in [-0.4, -0.2) is 10.7 Å². The Morgan fingerprint density at radius 3 is 2.54 bits per heavy atom. The summed E-state index contributed by atoms with van der Waals surface area (Å²) < 4.78 is 5.09. The molecule has 0 aliphatic heterocycles. The molecular formula is C10H15IO2. The van der Waals surface area contributed by atoms with Crippen molar-refractivity contribution in [3.63, 3.8) is 0 Å². The highest BCUT2D eigenvalue weighted by Crippen LogP contribution is 2.26. The molecule has 3 heteroatoms. The smallest absolute Gasteiger partial charge is 0.192 e. The fraction of sp³-hybridized carbons (Fsp3) is 0.600. The molecule has 1 aliphatic carbocycles. The van der Waals surface area contributed by atoms with Crippen LogP contribution in [0.5, 0.6) is 0 Å². The predicted molar refractivity (Wildman–Crippen MR) is 61.4 cm³/mol. The molecule has 0 aromatic heterocycles. The van der Waals surface area contributed by atoms with Crippen molar-refractivity contribution >= 4 is 23.0 Å². The van der Waals surface area contributed by atoms with E-state index in [1.165, 1.54) is 5.57 Å². The Morgan fingerprint density at radius 2 is 2.15 bits per heavy atom. The van der Waals surface area contributed by atoms with Gasteiger partial charge in [-0.3, -0.25) is 0 Å². The lowest BCUT2D eigenvalue weighted by Crippen LogP contribution is -2.19. The highest BCUT2D eigenvalue weighted by atomic mass is 127. The number of hydrogen-bond donors (Lipinski definition) is 1. The number of rotatable bonds is 3. The second kappa shape index (κ2) is 4.46.